The molecule has 2 heterocycles. The van der Waals surface area contributed by atoms with E-state index < -0.39 is 0 Å². The van der Waals surface area contributed by atoms with E-state index >= 15 is 0 Å². The molecule has 0 saturated carbocycles. The Kier molecular flexibility index (Phi) is 2.22. The van der Waals surface area contributed by atoms with Crippen LogP contribution in [0.5, 0.6) is 0 Å². The van der Waals surface area contributed by atoms with Gasteiger partial charge in [-0.15, -0.1) is 0 Å². The average molecular weight is 180 g/mol. The van der Waals surface area contributed by atoms with Crippen LogP contribution in [0.1, 0.15) is 24.6 Å². The van der Waals surface area contributed by atoms with Gasteiger partial charge in [0.1, 0.15) is 5.82 Å². The van der Waals surface area contributed by atoms with Crippen molar-refractivity contribution in [2.45, 2.75) is 25.8 Å². The predicted molar refractivity (Wildman–Crippen MR) is 52.5 cm³/mol. The lowest BCUT2D eigenvalue weighted by Gasteiger charge is -2.23. The fraction of sp³-hybridized carbons (Fsp3) is 0.667. The van der Waals surface area contributed by atoms with E-state index in [1.165, 1.54) is 12.8 Å². The summed E-state index contributed by atoms with van der Waals surface area (Å²) in [6.07, 6.45) is 2.39. The van der Waals surface area contributed by atoms with Gasteiger partial charge in [-0.05, 0) is 26.3 Å². The number of hydrogen-bond donors (Lipinski definition) is 2. The molecule has 2 rings (SSSR count). The molecule has 1 fully saturated rings. The quantitative estimate of drug-likeness (QED) is 0.669. The number of piperidine rings is 1. The van der Waals surface area contributed by atoms with Crippen molar-refractivity contribution in [3.8, 4) is 0 Å². The van der Waals surface area contributed by atoms with Crippen LogP contribution in [0, 0.1) is 6.92 Å². The van der Waals surface area contributed by atoms with Crippen molar-refractivity contribution in [1.29, 1.82) is 0 Å². The second-order valence-electron chi connectivity index (χ2n) is 3.66. The maximum Gasteiger partial charge on any atom is 0.122 e. The molecule has 0 amide bonds. The summed E-state index contributed by atoms with van der Waals surface area (Å²) >= 11 is 0. The first-order chi connectivity index (χ1) is 6.27. The topological polar surface area (TPSA) is 55.9 Å². The van der Waals surface area contributed by atoms with E-state index in [0.29, 0.717) is 6.04 Å². The third-order valence-electron chi connectivity index (χ3n) is 2.50. The number of nitrogen functional groups attached to an aromatic ring is 1. The Bertz CT molecular complexity index is 286. The van der Waals surface area contributed by atoms with Crippen molar-refractivity contribution >= 4 is 5.82 Å². The van der Waals surface area contributed by atoms with E-state index in [-0.39, 0.29) is 0 Å². The smallest absolute Gasteiger partial charge is 0.122 e. The van der Waals surface area contributed by atoms with E-state index in [4.69, 9.17) is 5.73 Å². The van der Waals surface area contributed by atoms with E-state index in [2.05, 4.69) is 10.4 Å². The maximum atomic E-state index is 5.84. The zero-order chi connectivity index (χ0) is 9.26. The molecule has 0 spiro atoms. The van der Waals surface area contributed by atoms with Crippen LogP contribution in [-0.4, -0.2) is 22.9 Å². The van der Waals surface area contributed by atoms with Gasteiger partial charge in [-0.3, -0.25) is 0 Å². The second kappa shape index (κ2) is 3.38. The molecule has 0 radical (unpaired) electrons. The summed E-state index contributed by atoms with van der Waals surface area (Å²) < 4.78 is 1.95. The molecule has 13 heavy (non-hydrogen) atoms. The molecule has 1 unspecified atom stereocenters. The molecule has 0 aromatic carbocycles. The van der Waals surface area contributed by atoms with Gasteiger partial charge < -0.3 is 11.1 Å². The average Bonchev–Trinajstić information content (AvgIpc) is 2.47. The highest BCUT2D eigenvalue weighted by Gasteiger charge is 2.17. The number of nitrogens with one attached hydrogen (secondary N) is 1. The lowest BCUT2D eigenvalue weighted by molar-refractivity contribution is 0.349. The minimum Gasteiger partial charge on any atom is -0.384 e. The van der Waals surface area contributed by atoms with Gasteiger partial charge in [0, 0.05) is 12.6 Å². The predicted octanol–water partition coefficient (Wildman–Crippen LogP) is 0.698. The number of rotatable bonds is 1. The summed E-state index contributed by atoms with van der Waals surface area (Å²) in [6.45, 7) is 4.09. The van der Waals surface area contributed by atoms with Gasteiger partial charge in [-0.1, -0.05) is 0 Å². The van der Waals surface area contributed by atoms with E-state index in [1.54, 1.807) is 0 Å². The van der Waals surface area contributed by atoms with Gasteiger partial charge in [0.05, 0.1) is 11.7 Å². The summed E-state index contributed by atoms with van der Waals surface area (Å²) in [6, 6.07) is 2.37. The Morgan fingerprint density at radius 3 is 3.08 bits per heavy atom. The highest BCUT2D eigenvalue weighted by Crippen LogP contribution is 2.19. The van der Waals surface area contributed by atoms with Crippen LogP contribution < -0.4 is 11.1 Å². The zero-order valence-electron chi connectivity index (χ0n) is 7.95. The Morgan fingerprint density at radius 1 is 1.69 bits per heavy atom. The zero-order valence-corrected chi connectivity index (χ0v) is 7.95. The molecular formula is C9H16N4. The first kappa shape index (κ1) is 8.56. The van der Waals surface area contributed by atoms with Crippen LogP contribution in [0.25, 0.3) is 0 Å². The van der Waals surface area contributed by atoms with Gasteiger partial charge in [-0.2, -0.15) is 5.10 Å². The minimum atomic E-state index is 0.447. The molecule has 1 aromatic rings. The molecule has 0 aliphatic carbocycles. The Morgan fingerprint density at radius 2 is 2.54 bits per heavy atom. The van der Waals surface area contributed by atoms with Crippen LogP contribution in [-0.2, 0) is 0 Å². The van der Waals surface area contributed by atoms with Crippen LogP contribution in [0.4, 0.5) is 5.82 Å². The molecular weight excluding hydrogens is 164 g/mol. The summed E-state index contributed by atoms with van der Waals surface area (Å²) in [5.74, 6) is 0.784. The van der Waals surface area contributed by atoms with Crippen LogP contribution in [0.3, 0.4) is 0 Å². The lowest BCUT2D eigenvalue weighted by atomic mass is 10.1. The Hall–Kier alpha value is -1.03. The van der Waals surface area contributed by atoms with Crippen LogP contribution in [0.2, 0.25) is 0 Å². The number of hydrogen-bond acceptors (Lipinski definition) is 3. The van der Waals surface area contributed by atoms with Gasteiger partial charge in [0.25, 0.3) is 0 Å². The summed E-state index contributed by atoms with van der Waals surface area (Å²) in [5.41, 5.74) is 6.85. The molecule has 1 atom stereocenters. The Labute approximate surface area is 78.1 Å². The standard InChI is InChI=1S/C9H16N4/c1-7-5-9(10)13(12-7)8-3-2-4-11-6-8/h5,8,11H,2-4,6,10H2,1H3. The second-order valence-corrected chi connectivity index (χ2v) is 3.66. The van der Waals surface area contributed by atoms with Gasteiger partial charge in [-0.25, -0.2) is 4.68 Å². The number of aryl methyl sites for hydroxylation is 1. The Balaban J connectivity index is 2.18. The fourth-order valence-electron chi connectivity index (χ4n) is 1.87. The summed E-state index contributed by atoms with van der Waals surface area (Å²) in [4.78, 5) is 0. The monoisotopic (exact) mass is 180 g/mol. The highest BCUT2D eigenvalue weighted by atomic mass is 15.3. The SMILES string of the molecule is Cc1cc(N)n(C2CCCNC2)n1. The van der Waals surface area contributed by atoms with Crippen molar-refractivity contribution in [3.63, 3.8) is 0 Å². The normalized spacial score (nSPS) is 23.3. The number of aromatic nitrogens is 2. The number of nitrogens with zero attached hydrogens (tertiary/aromatic N) is 2. The lowest BCUT2D eigenvalue weighted by Crippen LogP contribution is -2.32. The molecule has 1 saturated heterocycles. The van der Waals surface area contributed by atoms with Gasteiger partial charge in [0.2, 0.25) is 0 Å². The molecule has 1 aliphatic heterocycles. The fourth-order valence-corrected chi connectivity index (χ4v) is 1.87. The minimum absolute atomic E-state index is 0.447. The number of nitrogens with two attached hydrogens (primary N) is 1. The van der Waals surface area contributed by atoms with Gasteiger partial charge >= 0.3 is 0 Å². The van der Waals surface area contributed by atoms with Crippen LogP contribution in [0.15, 0.2) is 6.07 Å². The van der Waals surface area contributed by atoms with Crippen molar-refractivity contribution in [2.24, 2.45) is 0 Å². The van der Waals surface area contributed by atoms with Crippen LogP contribution >= 0.6 is 0 Å². The van der Waals surface area contributed by atoms with Crippen molar-refractivity contribution < 1.29 is 0 Å². The maximum absolute atomic E-state index is 5.84. The summed E-state index contributed by atoms with van der Waals surface area (Å²) in [5, 5.41) is 7.74. The van der Waals surface area contributed by atoms with E-state index in [9.17, 15) is 0 Å². The molecule has 72 valence electrons. The first-order valence-electron chi connectivity index (χ1n) is 4.80. The van der Waals surface area contributed by atoms with E-state index in [0.717, 1.165) is 24.6 Å². The van der Waals surface area contributed by atoms with Crippen molar-refractivity contribution in [1.82, 2.24) is 15.1 Å². The first-order valence-corrected chi connectivity index (χ1v) is 4.80. The third-order valence-corrected chi connectivity index (χ3v) is 2.50. The molecule has 3 N–H and O–H groups in total. The number of anilines is 1. The molecule has 4 nitrogen and oxygen atoms in total. The highest BCUT2D eigenvalue weighted by molar-refractivity contribution is 5.30. The van der Waals surface area contributed by atoms with E-state index in [1.807, 2.05) is 17.7 Å². The molecule has 1 aromatic heterocycles. The molecule has 1 aliphatic rings. The summed E-state index contributed by atoms with van der Waals surface area (Å²) in [7, 11) is 0. The van der Waals surface area contributed by atoms with Gasteiger partial charge in [0.15, 0.2) is 0 Å². The third kappa shape index (κ3) is 1.67. The molecule has 4 heteroatoms. The van der Waals surface area contributed by atoms with Crippen molar-refractivity contribution in [3.05, 3.63) is 11.8 Å². The largest absolute Gasteiger partial charge is 0.384 e. The van der Waals surface area contributed by atoms with Crippen molar-refractivity contribution in [2.75, 3.05) is 18.8 Å². The molecule has 0 bridgehead atoms.